The van der Waals surface area contributed by atoms with E-state index in [9.17, 15) is 19.8 Å². The van der Waals surface area contributed by atoms with E-state index in [1.807, 2.05) is 31.2 Å². The lowest BCUT2D eigenvalue weighted by Crippen LogP contribution is -2.41. The number of carbonyl (C=O) groups is 2. The third-order valence-electron chi connectivity index (χ3n) is 4.20. The average Bonchev–Trinajstić information content (AvgIpc) is 2.57. The fourth-order valence-electron chi connectivity index (χ4n) is 2.76. The summed E-state index contributed by atoms with van der Waals surface area (Å²) in [5, 5.41) is 28.7. The Bertz CT molecular complexity index is 522. The lowest BCUT2D eigenvalue weighted by molar-refractivity contribution is -0.163. The number of cyclic esters (lactones) is 1. The van der Waals surface area contributed by atoms with Crippen molar-refractivity contribution in [3.63, 3.8) is 0 Å². The number of carboxylic acids is 1. The molecule has 0 radical (unpaired) electrons. The summed E-state index contributed by atoms with van der Waals surface area (Å²) in [6.07, 6.45) is 12.1. The Labute approximate surface area is 154 Å². The fraction of sp³-hybridized carbons (Fsp3) is 0.600. The molecule has 0 spiro atoms. The van der Waals surface area contributed by atoms with E-state index in [0.29, 0.717) is 25.7 Å². The molecule has 1 aliphatic heterocycles. The van der Waals surface area contributed by atoms with Gasteiger partial charge in [0.25, 0.3) is 0 Å². The van der Waals surface area contributed by atoms with Crippen LogP contribution in [0.4, 0.5) is 0 Å². The van der Waals surface area contributed by atoms with Gasteiger partial charge in [0.1, 0.15) is 6.10 Å². The van der Waals surface area contributed by atoms with Crippen LogP contribution in [0.2, 0.25) is 0 Å². The van der Waals surface area contributed by atoms with Gasteiger partial charge >= 0.3 is 11.9 Å². The van der Waals surface area contributed by atoms with E-state index in [1.165, 1.54) is 0 Å². The number of hydrogen-bond donors (Lipinski definition) is 3. The van der Waals surface area contributed by atoms with Crippen molar-refractivity contribution >= 4 is 11.9 Å². The number of ether oxygens (including phenoxy) is 1. The number of carboxylic acid groups (broad SMARTS) is 1. The summed E-state index contributed by atoms with van der Waals surface area (Å²) in [5.41, 5.74) is 0. The smallest absolute Gasteiger partial charge is 0.309 e. The van der Waals surface area contributed by atoms with Gasteiger partial charge in [0.15, 0.2) is 0 Å². The number of carbonyl (C=O) groups excluding carboxylic acids is 1. The summed E-state index contributed by atoms with van der Waals surface area (Å²) in [6.45, 7) is 2.02. The first-order chi connectivity index (χ1) is 12.4. The summed E-state index contributed by atoms with van der Waals surface area (Å²) in [4.78, 5) is 22.1. The predicted molar refractivity (Wildman–Crippen MR) is 98.4 cm³/mol. The Morgan fingerprint density at radius 1 is 1.31 bits per heavy atom. The Morgan fingerprint density at radius 3 is 2.77 bits per heavy atom. The summed E-state index contributed by atoms with van der Waals surface area (Å²) in [6, 6.07) is 0. The molecular formula is C20H30O6. The maximum atomic E-state index is 11.6. The van der Waals surface area contributed by atoms with Crippen molar-refractivity contribution in [3.05, 3.63) is 36.5 Å². The van der Waals surface area contributed by atoms with Crippen molar-refractivity contribution in [2.75, 3.05) is 0 Å². The first kappa shape index (κ1) is 22.1. The first-order valence-electron chi connectivity index (χ1n) is 9.19. The molecule has 26 heavy (non-hydrogen) atoms. The van der Waals surface area contributed by atoms with Crippen LogP contribution in [0.1, 0.15) is 51.9 Å². The van der Waals surface area contributed by atoms with E-state index in [2.05, 4.69) is 0 Å². The van der Waals surface area contributed by atoms with Crippen LogP contribution in [-0.2, 0) is 14.3 Å². The Morgan fingerprint density at radius 2 is 2.08 bits per heavy atom. The fourth-order valence-corrected chi connectivity index (χ4v) is 2.76. The van der Waals surface area contributed by atoms with Gasteiger partial charge in [-0.1, -0.05) is 37.3 Å². The second-order valence-corrected chi connectivity index (χ2v) is 6.45. The van der Waals surface area contributed by atoms with Gasteiger partial charge in [0, 0.05) is 12.3 Å². The highest BCUT2D eigenvalue weighted by Crippen LogP contribution is 2.27. The molecule has 0 aromatic rings. The van der Waals surface area contributed by atoms with Crippen molar-refractivity contribution in [2.24, 2.45) is 5.92 Å². The van der Waals surface area contributed by atoms with Gasteiger partial charge in [-0.25, -0.2) is 0 Å². The van der Waals surface area contributed by atoms with Gasteiger partial charge in [0.05, 0.1) is 18.6 Å². The second-order valence-electron chi connectivity index (χ2n) is 6.45. The monoisotopic (exact) mass is 366 g/mol. The van der Waals surface area contributed by atoms with E-state index >= 15 is 0 Å². The number of allylic oxidation sites excluding steroid dienone is 3. The molecule has 6 nitrogen and oxygen atoms in total. The van der Waals surface area contributed by atoms with Gasteiger partial charge in [-0.15, -0.1) is 0 Å². The molecule has 0 aromatic carbocycles. The highest BCUT2D eigenvalue weighted by Gasteiger charge is 2.35. The zero-order chi connectivity index (χ0) is 19.4. The number of esters is 1. The molecule has 0 bridgehead atoms. The number of rotatable bonds is 11. The first-order valence-corrected chi connectivity index (χ1v) is 9.19. The molecule has 6 heteroatoms. The maximum Gasteiger partial charge on any atom is 0.309 e. The normalized spacial score (nSPS) is 25.2. The molecule has 146 valence electrons. The molecule has 1 rings (SSSR count). The van der Waals surface area contributed by atoms with Crippen LogP contribution in [0.15, 0.2) is 36.5 Å². The van der Waals surface area contributed by atoms with Crippen molar-refractivity contribution in [2.45, 2.75) is 70.2 Å². The molecule has 3 N–H and O–H groups in total. The average molecular weight is 366 g/mol. The van der Waals surface area contributed by atoms with Gasteiger partial charge in [-0.2, -0.15) is 0 Å². The zero-order valence-corrected chi connectivity index (χ0v) is 15.3. The number of aliphatic hydroxyl groups excluding tert-OH is 2. The van der Waals surface area contributed by atoms with E-state index in [1.54, 1.807) is 12.2 Å². The van der Waals surface area contributed by atoms with E-state index in [0.717, 1.165) is 6.42 Å². The maximum absolute atomic E-state index is 11.6. The topological polar surface area (TPSA) is 104 Å². The van der Waals surface area contributed by atoms with E-state index < -0.39 is 30.3 Å². The van der Waals surface area contributed by atoms with Crippen LogP contribution >= 0.6 is 0 Å². The summed E-state index contributed by atoms with van der Waals surface area (Å²) in [7, 11) is 0. The molecule has 1 fully saturated rings. The zero-order valence-electron chi connectivity index (χ0n) is 15.3. The Balaban J connectivity index is 2.58. The molecule has 1 aliphatic rings. The van der Waals surface area contributed by atoms with Crippen LogP contribution < -0.4 is 0 Å². The Kier molecular flexibility index (Phi) is 10.6. The van der Waals surface area contributed by atoms with Crippen molar-refractivity contribution < 1.29 is 29.6 Å². The minimum Gasteiger partial charge on any atom is -0.481 e. The SMILES string of the molecule is CC/C=C/C[C@H](O)/C=C/[C@H]1OC(=O)C[C@H](O)[C@@H]1C/C=C/CCCC(=O)O. The molecule has 0 unspecified atom stereocenters. The number of unbranched alkanes of at least 4 members (excludes halogenated alkanes) is 1. The highest BCUT2D eigenvalue weighted by atomic mass is 16.5. The third kappa shape index (κ3) is 8.97. The lowest BCUT2D eigenvalue weighted by atomic mass is 9.87. The van der Waals surface area contributed by atoms with Crippen LogP contribution in [0.3, 0.4) is 0 Å². The van der Waals surface area contributed by atoms with E-state index in [-0.39, 0.29) is 18.8 Å². The molecule has 1 heterocycles. The van der Waals surface area contributed by atoms with Gasteiger partial charge in [-0.3, -0.25) is 9.59 Å². The number of aliphatic carboxylic acids is 1. The van der Waals surface area contributed by atoms with Crippen LogP contribution in [0, 0.1) is 5.92 Å². The van der Waals surface area contributed by atoms with E-state index in [4.69, 9.17) is 9.84 Å². The minimum absolute atomic E-state index is 0.0380. The predicted octanol–water partition coefficient (Wildman–Crippen LogP) is 2.75. The third-order valence-corrected chi connectivity index (χ3v) is 4.20. The van der Waals surface area contributed by atoms with Crippen molar-refractivity contribution in [1.82, 2.24) is 0 Å². The quantitative estimate of drug-likeness (QED) is 0.295. The molecule has 0 aliphatic carbocycles. The number of hydrogen-bond acceptors (Lipinski definition) is 5. The summed E-state index contributed by atoms with van der Waals surface area (Å²) in [5.74, 6) is -1.54. The molecule has 0 amide bonds. The Hall–Kier alpha value is -1.92. The van der Waals surface area contributed by atoms with Gasteiger partial charge in [0.2, 0.25) is 0 Å². The molecule has 0 saturated carbocycles. The van der Waals surface area contributed by atoms with Crippen LogP contribution in [0.5, 0.6) is 0 Å². The number of aliphatic hydroxyl groups is 2. The highest BCUT2D eigenvalue weighted by molar-refractivity contribution is 5.71. The summed E-state index contributed by atoms with van der Waals surface area (Å²) >= 11 is 0. The molecule has 0 aromatic heterocycles. The molecule has 1 saturated heterocycles. The molecular weight excluding hydrogens is 336 g/mol. The largest absolute Gasteiger partial charge is 0.481 e. The lowest BCUT2D eigenvalue weighted by Gasteiger charge is -2.32. The van der Waals surface area contributed by atoms with Crippen LogP contribution in [-0.4, -0.2) is 45.6 Å². The second kappa shape index (κ2) is 12.4. The minimum atomic E-state index is -0.814. The summed E-state index contributed by atoms with van der Waals surface area (Å²) < 4.78 is 5.33. The van der Waals surface area contributed by atoms with Gasteiger partial charge in [-0.05, 0) is 38.2 Å². The van der Waals surface area contributed by atoms with Crippen LogP contribution in [0.25, 0.3) is 0 Å². The standard InChI is InChI=1S/C20H30O6/c1-2-3-6-9-15(21)12-13-18-16(17(22)14-20(25)26-18)10-7-4-5-8-11-19(23)24/h3-4,6-7,12-13,15-18,21-22H,2,5,8-11,14H2,1H3,(H,23,24)/b6-3+,7-4+,13-12+/t15-,16-,17-,18+/m0/s1. The molecule has 4 atom stereocenters. The van der Waals surface area contributed by atoms with Gasteiger partial charge < -0.3 is 20.1 Å². The van der Waals surface area contributed by atoms with Crippen molar-refractivity contribution in [1.29, 1.82) is 0 Å². The van der Waals surface area contributed by atoms with Crippen molar-refractivity contribution in [3.8, 4) is 0 Å².